The summed E-state index contributed by atoms with van der Waals surface area (Å²) in [4.78, 5) is 33.1. The first-order valence-corrected chi connectivity index (χ1v) is 10.8. The number of Topliss-reactive ketones (excluding diaryl/α,β-unsaturated/α-hetero) is 1. The van der Waals surface area contributed by atoms with Gasteiger partial charge in [-0.15, -0.1) is 11.3 Å². The summed E-state index contributed by atoms with van der Waals surface area (Å²) in [5, 5.41) is 6.40. The van der Waals surface area contributed by atoms with Crippen LogP contribution in [0.4, 0.5) is 5.69 Å². The Balaban J connectivity index is 1.35. The molecule has 0 saturated carbocycles. The normalized spacial score (nSPS) is 18.3. The lowest BCUT2D eigenvalue weighted by Crippen LogP contribution is -2.48. The minimum atomic E-state index is 0.0445. The SMILES string of the molecule is CC(=O)c1ccc(N2CCN(C(=O)c3csc(C4CCNCC4)n3)CC2)cc1. The number of hydrogen-bond donors (Lipinski definition) is 1. The summed E-state index contributed by atoms with van der Waals surface area (Å²) < 4.78 is 0. The van der Waals surface area contributed by atoms with Crippen LogP contribution in [0.25, 0.3) is 0 Å². The number of thiazole rings is 1. The molecule has 0 bridgehead atoms. The second-order valence-electron chi connectivity index (χ2n) is 7.48. The molecule has 0 aliphatic carbocycles. The maximum absolute atomic E-state index is 12.9. The number of rotatable bonds is 4. The van der Waals surface area contributed by atoms with E-state index in [1.807, 2.05) is 34.5 Å². The van der Waals surface area contributed by atoms with Gasteiger partial charge in [0.15, 0.2) is 5.78 Å². The molecule has 2 fully saturated rings. The number of nitrogens with zero attached hydrogens (tertiary/aromatic N) is 3. The Morgan fingerprint density at radius 1 is 1.07 bits per heavy atom. The summed E-state index contributed by atoms with van der Waals surface area (Å²) >= 11 is 1.63. The number of amides is 1. The third-order valence-electron chi connectivity index (χ3n) is 5.64. The molecule has 2 aliphatic rings. The van der Waals surface area contributed by atoms with Crippen molar-refractivity contribution in [2.75, 3.05) is 44.2 Å². The van der Waals surface area contributed by atoms with E-state index in [1.54, 1.807) is 18.3 Å². The number of hydrogen-bond acceptors (Lipinski definition) is 6. The fourth-order valence-electron chi connectivity index (χ4n) is 3.88. The molecule has 6 nitrogen and oxygen atoms in total. The standard InChI is InChI=1S/C21H26N4O2S/c1-15(26)16-2-4-18(5-3-16)24-10-12-25(13-11-24)21(27)19-14-28-20(23-19)17-6-8-22-9-7-17/h2-5,14,17,22H,6-13H2,1H3. The van der Waals surface area contributed by atoms with Crippen LogP contribution in [0.3, 0.4) is 0 Å². The van der Waals surface area contributed by atoms with Gasteiger partial charge >= 0.3 is 0 Å². The van der Waals surface area contributed by atoms with Gasteiger partial charge in [0.25, 0.3) is 5.91 Å². The van der Waals surface area contributed by atoms with Crippen molar-refractivity contribution in [2.45, 2.75) is 25.7 Å². The van der Waals surface area contributed by atoms with Gasteiger partial charge in [0.1, 0.15) is 5.69 Å². The first kappa shape index (κ1) is 19.1. The summed E-state index contributed by atoms with van der Waals surface area (Å²) in [5.41, 5.74) is 2.42. The highest BCUT2D eigenvalue weighted by molar-refractivity contribution is 7.09. The van der Waals surface area contributed by atoms with Gasteiger partial charge < -0.3 is 15.1 Å². The molecule has 3 heterocycles. The number of anilines is 1. The van der Waals surface area contributed by atoms with Crippen molar-refractivity contribution in [2.24, 2.45) is 0 Å². The molecular weight excluding hydrogens is 372 g/mol. The lowest BCUT2D eigenvalue weighted by atomic mass is 9.99. The predicted octanol–water partition coefficient (Wildman–Crippen LogP) is 2.78. The summed E-state index contributed by atoms with van der Waals surface area (Å²) in [7, 11) is 0. The number of aromatic nitrogens is 1. The zero-order valence-corrected chi connectivity index (χ0v) is 17.0. The molecule has 0 unspecified atom stereocenters. The third-order valence-corrected chi connectivity index (χ3v) is 6.64. The Labute approximate surface area is 169 Å². The van der Waals surface area contributed by atoms with E-state index >= 15 is 0 Å². The molecule has 0 atom stereocenters. The minimum Gasteiger partial charge on any atom is -0.368 e. The number of ketones is 1. The van der Waals surface area contributed by atoms with Gasteiger partial charge in [-0.2, -0.15) is 0 Å². The predicted molar refractivity (Wildman–Crippen MR) is 112 cm³/mol. The second kappa shape index (κ2) is 8.41. The Morgan fingerprint density at radius 2 is 1.75 bits per heavy atom. The van der Waals surface area contributed by atoms with E-state index in [1.165, 1.54) is 0 Å². The molecule has 1 amide bonds. The average molecular weight is 399 g/mol. The zero-order chi connectivity index (χ0) is 19.5. The number of carbonyl (C=O) groups excluding carboxylic acids is 2. The molecule has 148 valence electrons. The number of benzene rings is 1. The molecule has 1 N–H and O–H groups in total. The lowest BCUT2D eigenvalue weighted by molar-refractivity contribution is 0.0741. The van der Waals surface area contributed by atoms with E-state index in [0.717, 1.165) is 55.3 Å². The Morgan fingerprint density at radius 3 is 2.39 bits per heavy atom. The van der Waals surface area contributed by atoms with Crippen LogP contribution in [0.1, 0.15) is 51.5 Å². The summed E-state index contributed by atoms with van der Waals surface area (Å²) in [6, 6.07) is 7.71. The van der Waals surface area contributed by atoms with Crippen LogP contribution >= 0.6 is 11.3 Å². The molecule has 2 saturated heterocycles. The van der Waals surface area contributed by atoms with Crippen LogP contribution in [-0.4, -0.2) is 60.8 Å². The van der Waals surface area contributed by atoms with Crippen molar-refractivity contribution < 1.29 is 9.59 Å². The van der Waals surface area contributed by atoms with Gasteiger partial charge in [0, 0.05) is 48.7 Å². The average Bonchev–Trinajstić information content (AvgIpc) is 3.24. The molecule has 28 heavy (non-hydrogen) atoms. The zero-order valence-electron chi connectivity index (χ0n) is 16.2. The molecule has 1 aromatic heterocycles. The monoisotopic (exact) mass is 398 g/mol. The summed E-state index contributed by atoms with van der Waals surface area (Å²) in [5.74, 6) is 0.611. The molecule has 1 aromatic carbocycles. The highest BCUT2D eigenvalue weighted by atomic mass is 32.1. The van der Waals surface area contributed by atoms with Crippen molar-refractivity contribution in [1.82, 2.24) is 15.2 Å². The van der Waals surface area contributed by atoms with Gasteiger partial charge in [0.2, 0.25) is 0 Å². The smallest absolute Gasteiger partial charge is 0.273 e. The third kappa shape index (κ3) is 4.10. The highest BCUT2D eigenvalue weighted by Crippen LogP contribution is 2.28. The van der Waals surface area contributed by atoms with Crippen molar-refractivity contribution in [3.05, 3.63) is 45.9 Å². The van der Waals surface area contributed by atoms with Crippen LogP contribution in [0.2, 0.25) is 0 Å². The van der Waals surface area contributed by atoms with Gasteiger partial charge in [-0.05, 0) is 57.1 Å². The maximum Gasteiger partial charge on any atom is 0.273 e. The molecule has 2 aromatic rings. The Hall–Kier alpha value is -2.25. The van der Waals surface area contributed by atoms with E-state index in [9.17, 15) is 9.59 Å². The van der Waals surface area contributed by atoms with E-state index in [-0.39, 0.29) is 11.7 Å². The molecule has 7 heteroatoms. The van der Waals surface area contributed by atoms with Crippen molar-refractivity contribution in [3.63, 3.8) is 0 Å². The number of piperazine rings is 1. The molecule has 0 radical (unpaired) electrons. The molecular formula is C21H26N4O2S. The Bertz CT molecular complexity index is 834. The first-order valence-electron chi connectivity index (χ1n) is 9.93. The van der Waals surface area contributed by atoms with Crippen LogP contribution in [0.5, 0.6) is 0 Å². The van der Waals surface area contributed by atoms with Crippen LogP contribution in [0, 0.1) is 0 Å². The van der Waals surface area contributed by atoms with Crippen molar-refractivity contribution in [1.29, 1.82) is 0 Å². The van der Waals surface area contributed by atoms with E-state index in [0.29, 0.717) is 24.7 Å². The lowest BCUT2D eigenvalue weighted by Gasteiger charge is -2.35. The number of nitrogens with one attached hydrogen (secondary N) is 1. The van der Waals surface area contributed by atoms with Gasteiger partial charge in [-0.1, -0.05) is 0 Å². The fourth-order valence-corrected chi connectivity index (χ4v) is 4.84. The summed E-state index contributed by atoms with van der Waals surface area (Å²) in [6.07, 6.45) is 2.20. The second-order valence-corrected chi connectivity index (χ2v) is 8.37. The Kier molecular flexibility index (Phi) is 5.73. The minimum absolute atomic E-state index is 0.0445. The van der Waals surface area contributed by atoms with Crippen LogP contribution in [0.15, 0.2) is 29.6 Å². The van der Waals surface area contributed by atoms with Crippen molar-refractivity contribution in [3.8, 4) is 0 Å². The van der Waals surface area contributed by atoms with Gasteiger partial charge in [0.05, 0.1) is 5.01 Å². The number of piperidine rings is 1. The van der Waals surface area contributed by atoms with Crippen LogP contribution < -0.4 is 10.2 Å². The number of carbonyl (C=O) groups is 2. The largest absolute Gasteiger partial charge is 0.368 e. The van der Waals surface area contributed by atoms with E-state index < -0.39 is 0 Å². The molecule has 2 aliphatic heterocycles. The van der Waals surface area contributed by atoms with E-state index in [2.05, 4.69) is 15.2 Å². The van der Waals surface area contributed by atoms with Gasteiger partial charge in [-0.3, -0.25) is 9.59 Å². The maximum atomic E-state index is 12.9. The van der Waals surface area contributed by atoms with E-state index in [4.69, 9.17) is 0 Å². The topological polar surface area (TPSA) is 65.5 Å². The molecule has 4 rings (SSSR count). The fraction of sp³-hybridized carbons (Fsp3) is 0.476. The van der Waals surface area contributed by atoms with Crippen molar-refractivity contribution >= 4 is 28.7 Å². The highest BCUT2D eigenvalue weighted by Gasteiger charge is 2.26. The van der Waals surface area contributed by atoms with Gasteiger partial charge in [-0.25, -0.2) is 4.98 Å². The first-order chi connectivity index (χ1) is 13.6. The quantitative estimate of drug-likeness (QED) is 0.803. The molecule has 0 spiro atoms. The summed E-state index contributed by atoms with van der Waals surface area (Å²) in [6.45, 7) is 6.59. The van der Waals surface area contributed by atoms with Crippen LogP contribution in [-0.2, 0) is 0 Å².